The number of rotatable bonds is 5. The first-order chi connectivity index (χ1) is 11.8. The summed E-state index contributed by atoms with van der Waals surface area (Å²) in [6.45, 7) is 3.78. The number of fused-ring (bicyclic) bond motifs is 2. The molecule has 126 valence electrons. The van der Waals surface area contributed by atoms with Crippen molar-refractivity contribution in [2.24, 2.45) is 0 Å². The Bertz CT molecular complexity index is 852. The van der Waals surface area contributed by atoms with E-state index in [-0.39, 0.29) is 6.04 Å². The number of nitrogens with zero attached hydrogens (tertiary/aromatic N) is 3. The maximum absolute atomic E-state index is 5.94. The fraction of sp³-hybridized carbons (Fsp3) is 0.444. The van der Waals surface area contributed by atoms with Crippen LogP contribution in [0.1, 0.15) is 43.2 Å². The first-order valence-electron chi connectivity index (χ1n) is 8.47. The van der Waals surface area contributed by atoms with Crippen LogP contribution in [0, 0.1) is 0 Å². The van der Waals surface area contributed by atoms with Crippen molar-refractivity contribution in [3.05, 3.63) is 41.7 Å². The predicted molar refractivity (Wildman–Crippen MR) is 91.0 cm³/mol. The number of benzene rings is 1. The maximum Gasteiger partial charge on any atom is 0.176 e. The molecule has 0 bridgehead atoms. The van der Waals surface area contributed by atoms with Crippen LogP contribution in [-0.2, 0) is 19.5 Å². The van der Waals surface area contributed by atoms with Crippen molar-refractivity contribution < 1.29 is 9.15 Å². The molecule has 0 radical (unpaired) electrons. The number of aromatic nitrogens is 3. The van der Waals surface area contributed by atoms with E-state index in [9.17, 15) is 0 Å². The first kappa shape index (κ1) is 15.2. The molecule has 4 rings (SSSR count). The van der Waals surface area contributed by atoms with E-state index in [4.69, 9.17) is 9.15 Å². The normalized spacial score (nSPS) is 15.4. The average molecular weight is 326 g/mol. The van der Waals surface area contributed by atoms with Gasteiger partial charge in [0.1, 0.15) is 17.4 Å². The van der Waals surface area contributed by atoms with Gasteiger partial charge in [0.05, 0.1) is 19.7 Å². The molecule has 6 heteroatoms. The third kappa shape index (κ3) is 2.67. The van der Waals surface area contributed by atoms with Crippen molar-refractivity contribution in [3.63, 3.8) is 0 Å². The van der Waals surface area contributed by atoms with Gasteiger partial charge in [0.15, 0.2) is 11.3 Å². The number of hydrogen-bond acceptors (Lipinski definition) is 5. The number of hydrogen-bond donors (Lipinski definition) is 1. The predicted octanol–water partition coefficient (Wildman–Crippen LogP) is 3.22. The molecule has 0 saturated heterocycles. The van der Waals surface area contributed by atoms with Crippen molar-refractivity contribution in [2.45, 2.75) is 45.3 Å². The van der Waals surface area contributed by atoms with Gasteiger partial charge in [0.25, 0.3) is 0 Å². The van der Waals surface area contributed by atoms with Gasteiger partial charge in [-0.2, -0.15) is 0 Å². The van der Waals surface area contributed by atoms with Crippen molar-refractivity contribution in [2.75, 3.05) is 7.11 Å². The van der Waals surface area contributed by atoms with Gasteiger partial charge in [-0.1, -0.05) is 12.1 Å². The Balaban J connectivity index is 1.49. The molecule has 1 aliphatic rings. The number of methoxy groups -OCH3 is 1. The van der Waals surface area contributed by atoms with E-state index >= 15 is 0 Å². The van der Waals surface area contributed by atoms with Crippen LogP contribution in [-0.4, -0.2) is 21.9 Å². The molecule has 0 saturated carbocycles. The second-order valence-electron chi connectivity index (χ2n) is 6.28. The van der Waals surface area contributed by atoms with E-state index in [0.29, 0.717) is 6.54 Å². The van der Waals surface area contributed by atoms with Crippen LogP contribution < -0.4 is 10.1 Å². The number of aryl methyl sites for hydroxylation is 1. The lowest BCUT2D eigenvalue weighted by atomic mass is 10.1. The first-order valence-corrected chi connectivity index (χ1v) is 8.47. The lowest BCUT2D eigenvalue weighted by Gasteiger charge is -2.18. The molecular formula is C18H22N4O2. The van der Waals surface area contributed by atoms with Crippen LogP contribution >= 0.6 is 0 Å². The summed E-state index contributed by atoms with van der Waals surface area (Å²) < 4.78 is 13.5. The minimum absolute atomic E-state index is 0.124. The summed E-state index contributed by atoms with van der Waals surface area (Å²) in [5.41, 5.74) is 0.796. The average Bonchev–Trinajstić information content (AvgIpc) is 3.23. The molecule has 3 aromatic rings. The van der Waals surface area contributed by atoms with Gasteiger partial charge < -0.3 is 19.0 Å². The fourth-order valence-corrected chi connectivity index (χ4v) is 3.33. The lowest BCUT2D eigenvalue weighted by Crippen LogP contribution is -2.23. The second kappa shape index (κ2) is 6.28. The zero-order chi connectivity index (χ0) is 16.5. The highest BCUT2D eigenvalue weighted by atomic mass is 16.5. The molecule has 0 amide bonds. The number of ether oxygens (including phenoxy) is 1. The largest absolute Gasteiger partial charge is 0.493 e. The molecule has 24 heavy (non-hydrogen) atoms. The van der Waals surface area contributed by atoms with Crippen molar-refractivity contribution >= 4 is 11.0 Å². The van der Waals surface area contributed by atoms with Crippen LogP contribution in [0.2, 0.25) is 0 Å². The van der Waals surface area contributed by atoms with Crippen molar-refractivity contribution in [1.82, 2.24) is 20.1 Å². The van der Waals surface area contributed by atoms with E-state index < -0.39 is 0 Å². The molecule has 0 spiro atoms. The van der Waals surface area contributed by atoms with Crippen molar-refractivity contribution in [3.8, 4) is 5.75 Å². The van der Waals surface area contributed by atoms with Gasteiger partial charge in [0.2, 0.25) is 0 Å². The van der Waals surface area contributed by atoms with Crippen LogP contribution in [0.4, 0.5) is 0 Å². The zero-order valence-corrected chi connectivity index (χ0v) is 14.1. The zero-order valence-electron chi connectivity index (χ0n) is 14.1. The Hall–Kier alpha value is -2.34. The summed E-state index contributed by atoms with van der Waals surface area (Å²) in [5, 5.41) is 13.2. The van der Waals surface area contributed by atoms with Gasteiger partial charge in [0, 0.05) is 18.4 Å². The summed E-state index contributed by atoms with van der Waals surface area (Å²) in [6, 6.07) is 8.09. The minimum Gasteiger partial charge on any atom is -0.493 e. The number of para-hydroxylation sites is 1. The molecule has 1 N–H and O–H groups in total. The van der Waals surface area contributed by atoms with Crippen LogP contribution in [0.15, 0.2) is 28.7 Å². The third-order valence-electron chi connectivity index (χ3n) is 4.64. The molecule has 0 fully saturated rings. The Kier molecular flexibility index (Phi) is 3.98. The molecule has 1 aromatic carbocycles. The highest BCUT2D eigenvalue weighted by Gasteiger charge is 2.20. The maximum atomic E-state index is 5.94. The molecule has 3 heterocycles. The monoisotopic (exact) mass is 326 g/mol. The highest BCUT2D eigenvalue weighted by molar-refractivity contribution is 5.83. The molecular weight excluding hydrogens is 304 g/mol. The molecule has 0 aliphatic carbocycles. The minimum atomic E-state index is 0.124. The summed E-state index contributed by atoms with van der Waals surface area (Å²) in [7, 11) is 1.66. The quantitative estimate of drug-likeness (QED) is 0.780. The second-order valence-corrected chi connectivity index (χ2v) is 6.28. The Morgan fingerprint density at radius 3 is 3.12 bits per heavy atom. The Labute approximate surface area is 140 Å². The van der Waals surface area contributed by atoms with Gasteiger partial charge in [-0.3, -0.25) is 0 Å². The molecule has 1 atom stereocenters. The van der Waals surface area contributed by atoms with E-state index in [2.05, 4.69) is 33.1 Å². The topological polar surface area (TPSA) is 65.1 Å². The summed E-state index contributed by atoms with van der Waals surface area (Å²) in [4.78, 5) is 0. The highest BCUT2D eigenvalue weighted by Crippen LogP contribution is 2.28. The van der Waals surface area contributed by atoms with Crippen LogP contribution in [0.25, 0.3) is 11.0 Å². The summed E-state index contributed by atoms with van der Waals surface area (Å²) in [6.07, 6.45) is 3.44. The summed E-state index contributed by atoms with van der Waals surface area (Å²) in [5.74, 6) is 3.77. The van der Waals surface area contributed by atoms with Gasteiger partial charge in [-0.15, -0.1) is 10.2 Å². The Morgan fingerprint density at radius 2 is 2.25 bits per heavy atom. The standard InChI is InChI=1S/C18H22N4O2/c1-12(18-21-20-16-8-3-4-9-22(16)18)19-11-14-10-13-6-5-7-15(23-2)17(13)24-14/h5-7,10,12,19H,3-4,8-9,11H2,1-2H3/t12-/m1/s1. The smallest absolute Gasteiger partial charge is 0.176 e. The SMILES string of the molecule is COc1cccc2cc(CN[C@H](C)c3nnc4n3CCCC4)oc12. The molecule has 1 aliphatic heterocycles. The number of nitrogens with one attached hydrogen (secondary N) is 1. The van der Waals surface area contributed by atoms with E-state index in [1.54, 1.807) is 7.11 Å². The van der Waals surface area contributed by atoms with Crippen LogP contribution in [0.5, 0.6) is 5.75 Å². The Morgan fingerprint density at radius 1 is 1.33 bits per heavy atom. The van der Waals surface area contributed by atoms with E-state index in [1.165, 1.54) is 12.8 Å². The van der Waals surface area contributed by atoms with E-state index in [0.717, 1.165) is 47.1 Å². The lowest BCUT2D eigenvalue weighted by molar-refractivity contribution is 0.403. The molecule has 0 unspecified atom stereocenters. The van der Waals surface area contributed by atoms with Gasteiger partial charge >= 0.3 is 0 Å². The molecule has 2 aromatic heterocycles. The van der Waals surface area contributed by atoms with Gasteiger partial charge in [-0.05, 0) is 31.9 Å². The molecule has 6 nitrogen and oxygen atoms in total. The van der Waals surface area contributed by atoms with Crippen LogP contribution in [0.3, 0.4) is 0 Å². The van der Waals surface area contributed by atoms with E-state index in [1.807, 2.05) is 18.2 Å². The fourth-order valence-electron chi connectivity index (χ4n) is 3.33. The van der Waals surface area contributed by atoms with Crippen molar-refractivity contribution in [1.29, 1.82) is 0 Å². The third-order valence-corrected chi connectivity index (χ3v) is 4.64. The summed E-state index contributed by atoms with van der Waals surface area (Å²) >= 11 is 0. The van der Waals surface area contributed by atoms with Gasteiger partial charge in [-0.25, -0.2) is 0 Å². The number of furan rings is 1.